The second-order valence-electron chi connectivity index (χ2n) is 7.97. The molecule has 1 atom stereocenters. The van der Waals surface area contributed by atoms with Crippen LogP contribution in [0.1, 0.15) is 33.6 Å². The van der Waals surface area contributed by atoms with Gasteiger partial charge in [0.15, 0.2) is 0 Å². The van der Waals surface area contributed by atoms with E-state index < -0.39 is 27.6 Å². The van der Waals surface area contributed by atoms with Crippen molar-refractivity contribution in [1.82, 2.24) is 9.29 Å². The van der Waals surface area contributed by atoms with E-state index in [-0.39, 0.29) is 17.4 Å². The fraction of sp³-hybridized carbons (Fsp3) is 0.421. The molecule has 11 heteroatoms. The summed E-state index contributed by atoms with van der Waals surface area (Å²) in [6, 6.07) is 3.81. The molecule has 0 amide bonds. The molecule has 0 saturated carbocycles. The molecule has 1 fully saturated rings. The SMILES string of the molecule is CC(C)(C)OC(=O)[C@H]1CCCN1S(=O)(=O)c1ccc2c(NC(N)=NCl)cncc2c1. The van der Waals surface area contributed by atoms with Crippen molar-refractivity contribution in [1.29, 1.82) is 0 Å². The Kier molecular flexibility index (Phi) is 6.21. The molecule has 3 N–H and O–H groups in total. The van der Waals surface area contributed by atoms with Crippen LogP contribution in [0.15, 0.2) is 40.0 Å². The zero-order chi connectivity index (χ0) is 22.1. The van der Waals surface area contributed by atoms with Gasteiger partial charge in [-0.2, -0.15) is 4.31 Å². The number of nitrogens with two attached hydrogens (primary N) is 1. The number of rotatable bonds is 4. The van der Waals surface area contributed by atoms with Gasteiger partial charge in [0.05, 0.1) is 16.8 Å². The molecule has 1 saturated heterocycles. The van der Waals surface area contributed by atoms with Crippen LogP contribution < -0.4 is 11.1 Å². The summed E-state index contributed by atoms with van der Waals surface area (Å²) in [4.78, 5) is 16.7. The second kappa shape index (κ2) is 8.37. The number of guanidine groups is 1. The van der Waals surface area contributed by atoms with E-state index in [9.17, 15) is 13.2 Å². The summed E-state index contributed by atoms with van der Waals surface area (Å²) in [7, 11) is -3.91. The molecule has 0 spiro atoms. The number of nitrogens with zero attached hydrogens (tertiary/aromatic N) is 3. The standard InChI is InChI=1S/C19H24ClN5O4S/c1-19(2,3)29-17(26)16-5-4-8-25(16)30(27,28)13-6-7-14-12(9-13)10-22-11-15(14)23-18(21)24-20/h6-7,9-11,16H,4-5,8H2,1-3H3,(H3,21,23,24)/t16-/m1/s1. The first-order valence-electron chi connectivity index (χ1n) is 9.37. The number of aromatic nitrogens is 1. The number of benzene rings is 1. The third-order valence-electron chi connectivity index (χ3n) is 4.57. The van der Waals surface area contributed by atoms with Gasteiger partial charge in [0.25, 0.3) is 0 Å². The van der Waals surface area contributed by atoms with Gasteiger partial charge in [-0.05, 0) is 45.7 Å². The maximum Gasteiger partial charge on any atom is 0.324 e. The van der Waals surface area contributed by atoms with Crippen LogP contribution in [0.3, 0.4) is 0 Å². The minimum Gasteiger partial charge on any atom is -0.459 e. The first kappa shape index (κ1) is 22.3. The highest BCUT2D eigenvalue weighted by Crippen LogP contribution is 2.31. The number of esters is 1. The summed E-state index contributed by atoms with van der Waals surface area (Å²) in [5.74, 6) is -0.548. The molecule has 1 aliphatic heterocycles. The number of ether oxygens (including phenoxy) is 1. The van der Waals surface area contributed by atoms with Gasteiger partial charge in [-0.25, -0.2) is 8.42 Å². The summed E-state index contributed by atoms with van der Waals surface area (Å²) >= 11 is 5.35. The quantitative estimate of drug-likeness (QED) is 0.413. The lowest BCUT2D eigenvalue weighted by Crippen LogP contribution is -2.43. The molecule has 30 heavy (non-hydrogen) atoms. The fourth-order valence-electron chi connectivity index (χ4n) is 3.34. The van der Waals surface area contributed by atoms with Gasteiger partial charge in [-0.3, -0.25) is 9.78 Å². The first-order chi connectivity index (χ1) is 14.0. The van der Waals surface area contributed by atoms with Crippen molar-refractivity contribution in [2.24, 2.45) is 10.2 Å². The number of nitrogens with one attached hydrogen (secondary N) is 1. The molecule has 9 nitrogen and oxygen atoms in total. The molecule has 1 aliphatic rings. The van der Waals surface area contributed by atoms with E-state index in [4.69, 9.17) is 22.2 Å². The van der Waals surface area contributed by atoms with Crippen LogP contribution in [-0.4, -0.2) is 47.8 Å². The Hall–Kier alpha value is -2.43. The topological polar surface area (TPSA) is 127 Å². The summed E-state index contributed by atoms with van der Waals surface area (Å²) < 4.78 is 36.6. The average Bonchev–Trinajstić information content (AvgIpc) is 3.17. The molecule has 1 aromatic heterocycles. The van der Waals surface area contributed by atoms with E-state index >= 15 is 0 Å². The van der Waals surface area contributed by atoms with Crippen LogP contribution >= 0.6 is 11.8 Å². The Bertz CT molecular complexity index is 1100. The van der Waals surface area contributed by atoms with E-state index in [1.807, 2.05) is 0 Å². The largest absolute Gasteiger partial charge is 0.459 e. The molecular formula is C19H24ClN5O4S. The van der Waals surface area contributed by atoms with Crippen molar-refractivity contribution in [3.63, 3.8) is 0 Å². The van der Waals surface area contributed by atoms with Gasteiger partial charge in [0.2, 0.25) is 16.0 Å². The number of carbonyl (C=O) groups excluding carboxylic acids is 1. The van der Waals surface area contributed by atoms with Crippen molar-refractivity contribution >= 4 is 50.2 Å². The molecular weight excluding hydrogens is 430 g/mol. The number of pyridine rings is 1. The zero-order valence-corrected chi connectivity index (χ0v) is 18.5. The van der Waals surface area contributed by atoms with Crippen molar-refractivity contribution in [2.45, 2.75) is 50.2 Å². The van der Waals surface area contributed by atoms with Gasteiger partial charge in [0, 0.05) is 35.3 Å². The maximum atomic E-state index is 13.3. The summed E-state index contributed by atoms with van der Waals surface area (Å²) in [5.41, 5.74) is 5.44. The highest BCUT2D eigenvalue weighted by Gasteiger charge is 2.41. The number of halogens is 1. The lowest BCUT2D eigenvalue weighted by Gasteiger charge is -2.27. The molecule has 1 aromatic carbocycles. The fourth-order valence-corrected chi connectivity index (χ4v) is 5.07. The molecule has 2 heterocycles. The molecule has 0 radical (unpaired) electrons. The highest BCUT2D eigenvalue weighted by molar-refractivity contribution is 7.89. The van der Waals surface area contributed by atoms with E-state index in [0.29, 0.717) is 29.3 Å². The maximum absolute atomic E-state index is 13.3. The van der Waals surface area contributed by atoms with Gasteiger partial charge in [-0.15, -0.1) is 4.51 Å². The summed E-state index contributed by atoms with van der Waals surface area (Å²) in [5, 5.41) is 4.08. The summed E-state index contributed by atoms with van der Waals surface area (Å²) in [6.45, 7) is 5.51. The first-order valence-corrected chi connectivity index (χ1v) is 11.1. The van der Waals surface area contributed by atoms with Crippen molar-refractivity contribution in [3.8, 4) is 0 Å². The van der Waals surface area contributed by atoms with Crippen molar-refractivity contribution < 1.29 is 17.9 Å². The number of hydrogen-bond acceptors (Lipinski definition) is 6. The van der Waals surface area contributed by atoms with Crippen LogP contribution in [0.2, 0.25) is 0 Å². The predicted molar refractivity (Wildman–Crippen MR) is 116 cm³/mol. The molecule has 3 rings (SSSR count). The lowest BCUT2D eigenvalue weighted by atomic mass is 10.1. The smallest absolute Gasteiger partial charge is 0.324 e. The van der Waals surface area contributed by atoms with Gasteiger partial charge in [-0.1, -0.05) is 6.07 Å². The van der Waals surface area contributed by atoms with Crippen molar-refractivity contribution in [3.05, 3.63) is 30.6 Å². The van der Waals surface area contributed by atoms with Crippen LogP contribution in [0, 0.1) is 0 Å². The number of hydrogen-bond donors (Lipinski definition) is 2. The summed E-state index contributed by atoms with van der Waals surface area (Å²) in [6.07, 6.45) is 4.09. The zero-order valence-electron chi connectivity index (χ0n) is 16.9. The van der Waals surface area contributed by atoms with Crippen LogP contribution in [0.4, 0.5) is 5.69 Å². The number of sulfonamides is 1. The van der Waals surface area contributed by atoms with Gasteiger partial charge >= 0.3 is 5.97 Å². The average molecular weight is 454 g/mol. The van der Waals surface area contributed by atoms with Gasteiger partial charge in [0.1, 0.15) is 11.6 Å². The normalized spacial score (nSPS) is 18.5. The molecule has 0 aliphatic carbocycles. The van der Waals surface area contributed by atoms with E-state index in [1.54, 1.807) is 33.0 Å². The van der Waals surface area contributed by atoms with Crippen molar-refractivity contribution in [2.75, 3.05) is 11.9 Å². The molecule has 2 aromatic rings. The Morgan fingerprint density at radius 3 is 2.77 bits per heavy atom. The minimum atomic E-state index is -3.91. The molecule has 0 bridgehead atoms. The number of anilines is 1. The van der Waals surface area contributed by atoms with E-state index in [2.05, 4.69) is 14.8 Å². The van der Waals surface area contributed by atoms with E-state index in [1.165, 1.54) is 22.6 Å². The van der Waals surface area contributed by atoms with Gasteiger partial charge < -0.3 is 15.8 Å². The van der Waals surface area contributed by atoms with Crippen LogP contribution in [0.25, 0.3) is 10.8 Å². The molecule has 0 unspecified atom stereocenters. The predicted octanol–water partition coefficient (Wildman–Crippen LogP) is 2.61. The third-order valence-corrected chi connectivity index (χ3v) is 6.66. The van der Waals surface area contributed by atoms with E-state index in [0.717, 1.165) is 0 Å². The number of fused-ring (bicyclic) bond motifs is 1. The monoisotopic (exact) mass is 453 g/mol. The van der Waals surface area contributed by atoms with Crippen LogP contribution in [0.5, 0.6) is 0 Å². The highest BCUT2D eigenvalue weighted by atomic mass is 35.5. The number of carbonyl (C=O) groups is 1. The third kappa shape index (κ3) is 4.66. The van der Waals surface area contributed by atoms with Crippen LogP contribution in [-0.2, 0) is 19.6 Å². The molecule has 162 valence electrons. The Morgan fingerprint density at radius 2 is 2.10 bits per heavy atom. The lowest BCUT2D eigenvalue weighted by molar-refractivity contribution is -0.158. The Morgan fingerprint density at radius 1 is 1.37 bits per heavy atom. The Labute approximate surface area is 180 Å². The Balaban J connectivity index is 1.95. The minimum absolute atomic E-state index is 0.0140. The second-order valence-corrected chi connectivity index (χ2v) is 10.0.